The maximum atomic E-state index is 12.9. The number of carbonyl (C=O) groups is 1. The van der Waals surface area contributed by atoms with Gasteiger partial charge >= 0.3 is 0 Å². The van der Waals surface area contributed by atoms with Crippen LogP contribution in [0.5, 0.6) is 5.75 Å². The second kappa shape index (κ2) is 9.67. The van der Waals surface area contributed by atoms with Crippen LogP contribution in [0, 0.1) is 0 Å². The molecule has 0 unspecified atom stereocenters. The minimum Gasteiger partial charge on any atom is -0.494 e. The molecule has 168 valence electrons. The molecule has 0 amide bonds. The van der Waals surface area contributed by atoms with E-state index in [1.54, 1.807) is 12.3 Å². The number of pyridine rings is 1. The second-order valence-corrected chi connectivity index (χ2v) is 8.03. The minimum atomic E-state index is -0.259. The molecule has 2 aromatic heterocycles. The van der Waals surface area contributed by atoms with E-state index in [4.69, 9.17) is 4.74 Å². The summed E-state index contributed by atoms with van der Waals surface area (Å²) in [7, 11) is 0. The van der Waals surface area contributed by atoms with Crippen molar-refractivity contribution in [3.8, 4) is 28.1 Å². The Morgan fingerprint density at radius 1 is 0.853 bits per heavy atom. The molecule has 0 aliphatic heterocycles. The fourth-order valence-corrected chi connectivity index (χ4v) is 3.74. The molecule has 6 heteroatoms. The Bertz CT molecular complexity index is 1410. The van der Waals surface area contributed by atoms with Crippen LogP contribution < -0.4 is 4.74 Å². The summed E-state index contributed by atoms with van der Waals surface area (Å²) >= 11 is 0. The summed E-state index contributed by atoms with van der Waals surface area (Å²) in [6, 6.07) is 27.4. The van der Waals surface area contributed by atoms with E-state index in [9.17, 15) is 4.79 Å². The van der Waals surface area contributed by atoms with Gasteiger partial charge in [0.25, 0.3) is 5.91 Å². The monoisotopic (exact) mass is 448 g/mol. The van der Waals surface area contributed by atoms with Gasteiger partial charge in [0.05, 0.1) is 23.4 Å². The Morgan fingerprint density at radius 2 is 1.56 bits per heavy atom. The molecule has 0 saturated carbocycles. The maximum absolute atomic E-state index is 12.9. The summed E-state index contributed by atoms with van der Waals surface area (Å²) < 4.78 is 7.05. The normalized spacial score (nSPS) is 11.0. The van der Waals surface area contributed by atoms with Crippen molar-refractivity contribution in [2.24, 2.45) is 0 Å². The lowest BCUT2D eigenvalue weighted by atomic mass is 10.0. The van der Waals surface area contributed by atoms with E-state index in [0.29, 0.717) is 16.6 Å². The number of fused-ring (bicyclic) bond motifs is 1. The van der Waals surface area contributed by atoms with Gasteiger partial charge in [-0.25, -0.2) is 0 Å². The van der Waals surface area contributed by atoms with Crippen molar-refractivity contribution in [1.29, 1.82) is 0 Å². The Labute approximate surface area is 197 Å². The highest BCUT2D eigenvalue weighted by Gasteiger charge is 2.14. The van der Waals surface area contributed by atoms with Gasteiger partial charge in [-0.05, 0) is 53.9 Å². The first-order chi connectivity index (χ1) is 16.7. The number of carbonyl (C=O) groups excluding carboxylic acids is 1. The SMILES string of the molecule is CCCCOc1ccc(-c2ccc(-c3ccc(C(=O)n4nnc5ccccc54)cn3)cc2)cc1. The number of nitrogens with zero attached hydrogens (tertiary/aromatic N) is 4. The van der Waals surface area contributed by atoms with Crippen LogP contribution in [-0.4, -0.2) is 32.5 Å². The molecule has 0 bridgehead atoms. The largest absolute Gasteiger partial charge is 0.494 e. The molecule has 0 saturated heterocycles. The molecular formula is C28H24N4O2. The van der Waals surface area contributed by atoms with Crippen LogP contribution in [0.1, 0.15) is 30.1 Å². The van der Waals surface area contributed by atoms with Gasteiger partial charge in [-0.3, -0.25) is 9.78 Å². The van der Waals surface area contributed by atoms with Crippen LogP contribution in [0.15, 0.2) is 91.1 Å². The first-order valence-electron chi connectivity index (χ1n) is 11.4. The van der Waals surface area contributed by atoms with Crippen molar-refractivity contribution in [1.82, 2.24) is 20.0 Å². The molecule has 5 rings (SSSR count). The highest BCUT2D eigenvalue weighted by Crippen LogP contribution is 2.26. The van der Waals surface area contributed by atoms with E-state index in [2.05, 4.69) is 46.5 Å². The molecule has 6 nitrogen and oxygen atoms in total. The van der Waals surface area contributed by atoms with E-state index in [0.717, 1.165) is 47.6 Å². The molecule has 2 heterocycles. The first-order valence-corrected chi connectivity index (χ1v) is 11.4. The van der Waals surface area contributed by atoms with Crippen LogP contribution in [0.2, 0.25) is 0 Å². The van der Waals surface area contributed by atoms with Gasteiger partial charge in [-0.15, -0.1) is 5.10 Å². The predicted molar refractivity (Wildman–Crippen MR) is 133 cm³/mol. The summed E-state index contributed by atoms with van der Waals surface area (Å²) in [6.07, 6.45) is 3.76. The Morgan fingerprint density at radius 3 is 2.26 bits per heavy atom. The van der Waals surface area contributed by atoms with Gasteiger partial charge in [0, 0.05) is 11.8 Å². The van der Waals surface area contributed by atoms with Crippen molar-refractivity contribution in [3.05, 3.63) is 96.7 Å². The van der Waals surface area contributed by atoms with Crippen LogP contribution in [-0.2, 0) is 0 Å². The molecule has 34 heavy (non-hydrogen) atoms. The lowest BCUT2D eigenvalue weighted by Gasteiger charge is -2.08. The first kappa shape index (κ1) is 21.5. The molecule has 0 atom stereocenters. The van der Waals surface area contributed by atoms with Gasteiger partial charge in [0.2, 0.25) is 0 Å². The lowest BCUT2D eigenvalue weighted by molar-refractivity contribution is 0.0948. The van der Waals surface area contributed by atoms with Crippen molar-refractivity contribution >= 4 is 16.9 Å². The summed E-state index contributed by atoms with van der Waals surface area (Å²) in [6.45, 7) is 2.90. The number of benzene rings is 3. The summed E-state index contributed by atoms with van der Waals surface area (Å²) in [4.78, 5) is 17.4. The summed E-state index contributed by atoms with van der Waals surface area (Å²) in [5.41, 5.74) is 5.83. The summed E-state index contributed by atoms with van der Waals surface area (Å²) in [5.74, 6) is 0.636. The lowest BCUT2D eigenvalue weighted by Crippen LogP contribution is -2.14. The fraction of sp³-hybridized carbons (Fsp3) is 0.143. The third-order valence-electron chi connectivity index (χ3n) is 5.69. The highest BCUT2D eigenvalue weighted by atomic mass is 16.5. The molecule has 0 radical (unpaired) electrons. The van der Waals surface area contributed by atoms with Crippen LogP contribution >= 0.6 is 0 Å². The summed E-state index contributed by atoms with van der Waals surface area (Å²) in [5, 5.41) is 8.05. The molecule has 0 spiro atoms. The molecule has 3 aromatic carbocycles. The number of rotatable bonds is 7. The van der Waals surface area contributed by atoms with Crippen molar-refractivity contribution < 1.29 is 9.53 Å². The third kappa shape index (κ3) is 4.43. The average molecular weight is 449 g/mol. The van der Waals surface area contributed by atoms with Gasteiger partial charge in [0.1, 0.15) is 11.3 Å². The van der Waals surface area contributed by atoms with Crippen LogP contribution in [0.25, 0.3) is 33.4 Å². The number of aromatic nitrogens is 4. The van der Waals surface area contributed by atoms with Gasteiger partial charge in [0.15, 0.2) is 0 Å². The van der Waals surface area contributed by atoms with Crippen molar-refractivity contribution in [3.63, 3.8) is 0 Å². The molecule has 0 aliphatic carbocycles. The van der Waals surface area contributed by atoms with Crippen molar-refractivity contribution in [2.75, 3.05) is 6.61 Å². The highest BCUT2D eigenvalue weighted by molar-refractivity contribution is 6.00. The smallest absolute Gasteiger partial charge is 0.281 e. The van der Waals surface area contributed by atoms with E-state index >= 15 is 0 Å². The molecule has 0 N–H and O–H groups in total. The Hall–Kier alpha value is -4.32. The number of hydrogen-bond acceptors (Lipinski definition) is 5. The van der Waals surface area contributed by atoms with E-state index in [-0.39, 0.29) is 5.91 Å². The maximum Gasteiger partial charge on any atom is 0.281 e. The van der Waals surface area contributed by atoms with Crippen LogP contribution in [0.3, 0.4) is 0 Å². The minimum absolute atomic E-state index is 0.259. The van der Waals surface area contributed by atoms with Gasteiger partial charge < -0.3 is 4.74 Å². The number of para-hydroxylation sites is 1. The topological polar surface area (TPSA) is 69.9 Å². The predicted octanol–water partition coefficient (Wildman–Crippen LogP) is 6.03. The second-order valence-electron chi connectivity index (χ2n) is 8.03. The quantitative estimate of drug-likeness (QED) is 0.284. The zero-order valence-electron chi connectivity index (χ0n) is 18.9. The fourth-order valence-electron chi connectivity index (χ4n) is 3.74. The molecule has 0 aliphatic rings. The Balaban J connectivity index is 1.30. The number of unbranched alkanes of at least 4 members (excludes halogenated alkanes) is 1. The third-order valence-corrected chi connectivity index (χ3v) is 5.69. The van der Waals surface area contributed by atoms with Crippen molar-refractivity contribution in [2.45, 2.75) is 19.8 Å². The molecule has 0 fully saturated rings. The van der Waals surface area contributed by atoms with Gasteiger partial charge in [-0.1, -0.05) is 67.1 Å². The van der Waals surface area contributed by atoms with Gasteiger partial charge in [-0.2, -0.15) is 4.68 Å². The number of ether oxygens (including phenoxy) is 1. The number of hydrogen-bond donors (Lipinski definition) is 0. The standard InChI is InChI=1S/C28H24N4O2/c1-2-3-18-34-24-15-12-21(13-16-24)20-8-10-22(11-9-20)25-17-14-23(19-29-25)28(33)32-27-7-5-4-6-26(27)30-31-32/h4-17,19H,2-3,18H2,1H3. The van der Waals surface area contributed by atoms with Crippen LogP contribution in [0.4, 0.5) is 0 Å². The zero-order valence-corrected chi connectivity index (χ0v) is 18.9. The molecular weight excluding hydrogens is 424 g/mol. The average Bonchev–Trinajstić information content (AvgIpc) is 3.33. The Kier molecular flexibility index (Phi) is 6.12. The van der Waals surface area contributed by atoms with E-state index in [1.165, 1.54) is 4.68 Å². The molecule has 5 aromatic rings. The zero-order chi connectivity index (χ0) is 23.3. The van der Waals surface area contributed by atoms with E-state index < -0.39 is 0 Å². The van der Waals surface area contributed by atoms with E-state index in [1.807, 2.05) is 54.6 Å².